The third-order valence-electron chi connectivity index (χ3n) is 3.70. The Kier molecular flexibility index (Phi) is 6.01. The average Bonchev–Trinajstić information content (AvgIpc) is 2.67. The molecule has 2 amide bonds. The normalized spacial score (nSPS) is 10.3. The molecule has 27 heavy (non-hydrogen) atoms. The maximum absolute atomic E-state index is 12.4. The van der Waals surface area contributed by atoms with Crippen molar-refractivity contribution in [2.75, 3.05) is 10.6 Å². The molecule has 0 spiro atoms. The van der Waals surface area contributed by atoms with Crippen LogP contribution in [-0.4, -0.2) is 11.8 Å². The van der Waals surface area contributed by atoms with Crippen LogP contribution in [0.15, 0.2) is 66.7 Å². The van der Waals surface area contributed by atoms with Crippen LogP contribution in [0.25, 0.3) is 0 Å². The summed E-state index contributed by atoms with van der Waals surface area (Å²) < 4.78 is 0. The van der Waals surface area contributed by atoms with E-state index in [0.29, 0.717) is 27.5 Å². The van der Waals surface area contributed by atoms with E-state index >= 15 is 0 Å². The topological polar surface area (TPSA) is 58.2 Å². The van der Waals surface area contributed by atoms with Crippen molar-refractivity contribution in [2.45, 2.75) is 0 Å². The molecule has 3 aromatic rings. The second-order valence-corrected chi connectivity index (χ2v) is 6.82. The summed E-state index contributed by atoms with van der Waals surface area (Å²) in [5, 5.41) is 6.33. The molecule has 2 N–H and O–H groups in total. The van der Waals surface area contributed by atoms with Crippen molar-refractivity contribution in [3.8, 4) is 0 Å². The van der Waals surface area contributed by atoms with Crippen LogP contribution >= 0.6 is 34.8 Å². The fourth-order valence-electron chi connectivity index (χ4n) is 2.31. The van der Waals surface area contributed by atoms with E-state index < -0.39 is 0 Å². The van der Waals surface area contributed by atoms with E-state index in [9.17, 15) is 9.59 Å². The number of carbonyl (C=O) groups excluding carboxylic acids is 2. The van der Waals surface area contributed by atoms with E-state index in [0.717, 1.165) is 0 Å². The first-order chi connectivity index (χ1) is 12.9. The van der Waals surface area contributed by atoms with Crippen molar-refractivity contribution in [1.82, 2.24) is 0 Å². The molecule has 0 fully saturated rings. The quantitative estimate of drug-likeness (QED) is 0.498. The molecule has 3 aromatic carbocycles. The second kappa shape index (κ2) is 8.44. The van der Waals surface area contributed by atoms with E-state index in [1.165, 1.54) is 12.1 Å². The van der Waals surface area contributed by atoms with Gasteiger partial charge in [-0.15, -0.1) is 0 Å². The maximum atomic E-state index is 12.4. The number of carbonyl (C=O) groups is 2. The lowest BCUT2D eigenvalue weighted by molar-refractivity contribution is 0.102. The maximum Gasteiger partial charge on any atom is 0.255 e. The van der Waals surface area contributed by atoms with Crippen LogP contribution < -0.4 is 10.6 Å². The summed E-state index contributed by atoms with van der Waals surface area (Å²) in [7, 11) is 0. The monoisotopic (exact) mass is 418 g/mol. The summed E-state index contributed by atoms with van der Waals surface area (Å²) in [5.41, 5.74) is 1.88. The average molecular weight is 420 g/mol. The highest BCUT2D eigenvalue weighted by atomic mass is 35.5. The number of hydrogen-bond acceptors (Lipinski definition) is 2. The van der Waals surface area contributed by atoms with E-state index in [4.69, 9.17) is 34.8 Å². The smallest absolute Gasteiger partial charge is 0.255 e. The number of amides is 2. The summed E-state index contributed by atoms with van der Waals surface area (Å²) in [6.07, 6.45) is 0. The standard InChI is InChI=1S/C20H13Cl3N2O2/c21-15-10-17(23)18(11-16(15)22)25-20(27)13-6-8-14(9-7-13)24-19(26)12-4-2-1-3-5-12/h1-11H,(H,24,26)(H,25,27). The first-order valence-electron chi connectivity index (χ1n) is 7.86. The van der Waals surface area contributed by atoms with Gasteiger partial charge in [0.1, 0.15) is 0 Å². The van der Waals surface area contributed by atoms with Gasteiger partial charge in [0.05, 0.1) is 20.8 Å². The Labute approximate surface area is 171 Å². The Balaban J connectivity index is 1.69. The summed E-state index contributed by atoms with van der Waals surface area (Å²) in [5.74, 6) is -0.591. The van der Waals surface area contributed by atoms with Gasteiger partial charge in [-0.3, -0.25) is 9.59 Å². The molecule has 0 bridgehead atoms. The first kappa shape index (κ1) is 19.2. The fraction of sp³-hybridized carbons (Fsp3) is 0. The molecule has 7 heteroatoms. The van der Waals surface area contributed by atoms with E-state index in [-0.39, 0.29) is 21.9 Å². The van der Waals surface area contributed by atoms with Gasteiger partial charge >= 0.3 is 0 Å². The lowest BCUT2D eigenvalue weighted by atomic mass is 10.1. The van der Waals surface area contributed by atoms with Gasteiger partial charge in [0.15, 0.2) is 0 Å². The zero-order valence-corrected chi connectivity index (χ0v) is 16.1. The number of benzene rings is 3. The van der Waals surface area contributed by atoms with Crippen molar-refractivity contribution in [1.29, 1.82) is 0 Å². The molecular weight excluding hydrogens is 407 g/mol. The first-order valence-corrected chi connectivity index (χ1v) is 9.00. The minimum absolute atomic E-state index is 0.226. The van der Waals surface area contributed by atoms with Crippen LogP contribution in [-0.2, 0) is 0 Å². The molecule has 0 heterocycles. The van der Waals surface area contributed by atoms with Gasteiger partial charge in [0, 0.05) is 16.8 Å². The Morgan fingerprint density at radius 1 is 0.630 bits per heavy atom. The minimum atomic E-state index is -0.365. The van der Waals surface area contributed by atoms with Gasteiger partial charge in [-0.2, -0.15) is 0 Å². The summed E-state index contributed by atoms with van der Waals surface area (Å²) in [6.45, 7) is 0. The van der Waals surface area contributed by atoms with Crippen molar-refractivity contribution in [3.05, 3.63) is 92.9 Å². The van der Waals surface area contributed by atoms with Crippen LogP contribution in [0.5, 0.6) is 0 Å². The molecule has 0 aliphatic heterocycles. The molecule has 3 rings (SSSR count). The molecule has 0 atom stereocenters. The number of halogens is 3. The molecule has 0 aromatic heterocycles. The Hall–Kier alpha value is -2.53. The Bertz CT molecular complexity index is 990. The SMILES string of the molecule is O=C(Nc1ccc(C(=O)Nc2cc(Cl)c(Cl)cc2Cl)cc1)c1ccccc1. The van der Waals surface area contributed by atoms with Crippen molar-refractivity contribution in [3.63, 3.8) is 0 Å². The molecule has 0 saturated heterocycles. The summed E-state index contributed by atoms with van der Waals surface area (Å²) in [4.78, 5) is 24.5. The Morgan fingerprint density at radius 3 is 1.85 bits per heavy atom. The molecule has 0 saturated carbocycles. The highest BCUT2D eigenvalue weighted by molar-refractivity contribution is 6.44. The van der Waals surface area contributed by atoms with Gasteiger partial charge in [0.2, 0.25) is 0 Å². The molecule has 4 nitrogen and oxygen atoms in total. The highest BCUT2D eigenvalue weighted by Gasteiger charge is 2.12. The van der Waals surface area contributed by atoms with Gasteiger partial charge in [-0.25, -0.2) is 0 Å². The van der Waals surface area contributed by atoms with Crippen molar-refractivity contribution < 1.29 is 9.59 Å². The van der Waals surface area contributed by atoms with Crippen LogP contribution in [0.4, 0.5) is 11.4 Å². The molecule has 0 aliphatic rings. The number of anilines is 2. The van der Waals surface area contributed by atoms with Crippen LogP contribution in [0.1, 0.15) is 20.7 Å². The summed E-state index contributed by atoms with van der Waals surface area (Å²) in [6, 6.07) is 18.3. The highest BCUT2D eigenvalue weighted by Crippen LogP contribution is 2.32. The van der Waals surface area contributed by atoms with Gasteiger partial charge in [0.25, 0.3) is 11.8 Å². The lowest BCUT2D eigenvalue weighted by Crippen LogP contribution is -2.14. The predicted molar refractivity (Wildman–Crippen MR) is 110 cm³/mol. The zero-order valence-electron chi connectivity index (χ0n) is 13.8. The minimum Gasteiger partial charge on any atom is -0.322 e. The molecule has 0 radical (unpaired) electrons. The number of rotatable bonds is 4. The third-order valence-corrected chi connectivity index (χ3v) is 4.73. The van der Waals surface area contributed by atoms with E-state index in [2.05, 4.69) is 10.6 Å². The van der Waals surface area contributed by atoms with E-state index in [1.807, 2.05) is 6.07 Å². The molecular formula is C20H13Cl3N2O2. The van der Waals surface area contributed by atoms with Gasteiger partial charge in [-0.05, 0) is 48.5 Å². The number of nitrogens with one attached hydrogen (secondary N) is 2. The third kappa shape index (κ3) is 4.80. The van der Waals surface area contributed by atoms with Crippen LogP contribution in [0.3, 0.4) is 0 Å². The zero-order chi connectivity index (χ0) is 19.4. The molecule has 136 valence electrons. The second-order valence-electron chi connectivity index (χ2n) is 5.60. The fourth-order valence-corrected chi connectivity index (χ4v) is 2.90. The van der Waals surface area contributed by atoms with Crippen molar-refractivity contribution >= 4 is 58.0 Å². The number of hydrogen-bond donors (Lipinski definition) is 2. The van der Waals surface area contributed by atoms with Crippen molar-refractivity contribution in [2.24, 2.45) is 0 Å². The van der Waals surface area contributed by atoms with Gasteiger partial charge < -0.3 is 10.6 Å². The van der Waals surface area contributed by atoms with Crippen LogP contribution in [0, 0.1) is 0 Å². The predicted octanol–water partition coefficient (Wildman–Crippen LogP) is 6.15. The van der Waals surface area contributed by atoms with Crippen LogP contribution in [0.2, 0.25) is 15.1 Å². The van der Waals surface area contributed by atoms with E-state index in [1.54, 1.807) is 48.5 Å². The lowest BCUT2D eigenvalue weighted by Gasteiger charge is -2.10. The summed E-state index contributed by atoms with van der Waals surface area (Å²) >= 11 is 17.9. The largest absolute Gasteiger partial charge is 0.322 e. The Morgan fingerprint density at radius 2 is 1.19 bits per heavy atom. The van der Waals surface area contributed by atoms with Gasteiger partial charge in [-0.1, -0.05) is 53.0 Å². The molecule has 0 unspecified atom stereocenters. The molecule has 0 aliphatic carbocycles.